The number of rotatable bonds is 2. The standard InChI is InChI=1S/C14H16N4O/c15-7-11-12-8-17-18-13(12)5-6-14(11)19-10-3-1-9(16)2-4-10/h5-6,8-10H,1-4,16H2,(H,17,18). The summed E-state index contributed by atoms with van der Waals surface area (Å²) in [6.45, 7) is 0. The predicted octanol–water partition coefficient (Wildman–Crippen LogP) is 2.08. The zero-order valence-electron chi connectivity index (χ0n) is 10.6. The molecule has 0 radical (unpaired) electrons. The van der Waals surface area contributed by atoms with Crippen molar-refractivity contribution < 1.29 is 4.74 Å². The van der Waals surface area contributed by atoms with Crippen LogP contribution in [0, 0.1) is 11.3 Å². The first-order valence-corrected chi connectivity index (χ1v) is 6.56. The van der Waals surface area contributed by atoms with Crippen molar-refractivity contribution >= 4 is 10.9 Å². The number of nitrogens with zero attached hydrogens (tertiary/aromatic N) is 2. The molecule has 19 heavy (non-hydrogen) atoms. The Bertz CT molecular complexity index is 620. The summed E-state index contributed by atoms with van der Waals surface area (Å²) in [4.78, 5) is 0. The summed E-state index contributed by atoms with van der Waals surface area (Å²) in [6.07, 6.45) is 5.71. The summed E-state index contributed by atoms with van der Waals surface area (Å²) in [5.41, 5.74) is 7.30. The fourth-order valence-electron chi connectivity index (χ4n) is 2.60. The summed E-state index contributed by atoms with van der Waals surface area (Å²) in [5, 5.41) is 16.9. The van der Waals surface area contributed by atoms with Crippen LogP contribution in [0.15, 0.2) is 18.3 Å². The molecule has 0 aliphatic heterocycles. The Kier molecular flexibility index (Phi) is 3.10. The van der Waals surface area contributed by atoms with Crippen LogP contribution in [0.5, 0.6) is 5.75 Å². The maximum absolute atomic E-state index is 9.31. The predicted molar refractivity (Wildman–Crippen MR) is 71.7 cm³/mol. The second kappa shape index (κ2) is 4.90. The molecule has 98 valence electrons. The van der Waals surface area contributed by atoms with Gasteiger partial charge in [-0.2, -0.15) is 10.4 Å². The van der Waals surface area contributed by atoms with Gasteiger partial charge >= 0.3 is 0 Å². The van der Waals surface area contributed by atoms with E-state index in [0.717, 1.165) is 36.6 Å². The molecule has 2 aromatic rings. The average Bonchev–Trinajstić information content (AvgIpc) is 2.89. The Morgan fingerprint density at radius 3 is 2.84 bits per heavy atom. The van der Waals surface area contributed by atoms with E-state index in [0.29, 0.717) is 17.4 Å². The van der Waals surface area contributed by atoms with Crippen LogP contribution in [0.1, 0.15) is 31.2 Å². The van der Waals surface area contributed by atoms with Gasteiger partial charge in [-0.05, 0) is 37.8 Å². The van der Waals surface area contributed by atoms with Crippen molar-refractivity contribution in [3.05, 3.63) is 23.9 Å². The number of aromatic nitrogens is 2. The fourth-order valence-corrected chi connectivity index (χ4v) is 2.60. The van der Waals surface area contributed by atoms with Gasteiger partial charge < -0.3 is 10.5 Å². The summed E-state index contributed by atoms with van der Waals surface area (Å²) < 4.78 is 5.98. The molecular formula is C14H16N4O. The lowest BCUT2D eigenvalue weighted by Crippen LogP contribution is -2.31. The van der Waals surface area contributed by atoms with Crippen molar-refractivity contribution in [2.24, 2.45) is 5.73 Å². The third-order valence-electron chi connectivity index (χ3n) is 3.71. The molecule has 1 saturated carbocycles. The minimum atomic E-state index is 0.163. The number of nitriles is 1. The van der Waals surface area contributed by atoms with E-state index in [4.69, 9.17) is 10.5 Å². The Balaban J connectivity index is 1.86. The SMILES string of the molecule is N#Cc1c(OC2CCC(N)CC2)ccc2[nH]ncc12. The molecule has 0 amide bonds. The third-order valence-corrected chi connectivity index (χ3v) is 3.71. The van der Waals surface area contributed by atoms with Gasteiger partial charge in [-0.3, -0.25) is 5.10 Å². The summed E-state index contributed by atoms with van der Waals surface area (Å²) >= 11 is 0. The van der Waals surface area contributed by atoms with Gasteiger partial charge in [0.25, 0.3) is 0 Å². The molecule has 1 aliphatic carbocycles. The van der Waals surface area contributed by atoms with E-state index in [1.165, 1.54) is 0 Å². The molecule has 3 rings (SSSR count). The number of ether oxygens (including phenoxy) is 1. The molecule has 3 N–H and O–H groups in total. The van der Waals surface area contributed by atoms with Crippen LogP contribution in [-0.2, 0) is 0 Å². The molecule has 0 spiro atoms. The van der Waals surface area contributed by atoms with Gasteiger partial charge in [-0.15, -0.1) is 0 Å². The molecule has 0 atom stereocenters. The second-order valence-electron chi connectivity index (χ2n) is 5.04. The quantitative estimate of drug-likeness (QED) is 0.861. The molecule has 0 saturated heterocycles. The number of hydrogen-bond acceptors (Lipinski definition) is 4. The van der Waals surface area contributed by atoms with E-state index in [1.807, 2.05) is 12.1 Å². The highest BCUT2D eigenvalue weighted by atomic mass is 16.5. The molecule has 1 fully saturated rings. The zero-order chi connectivity index (χ0) is 13.2. The van der Waals surface area contributed by atoms with Crippen LogP contribution in [0.2, 0.25) is 0 Å². The molecule has 1 aliphatic rings. The van der Waals surface area contributed by atoms with E-state index in [9.17, 15) is 5.26 Å². The third kappa shape index (κ3) is 2.27. The van der Waals surface area contributed by atoms with Gasteiger partial charge in [0.15, 0.2) is 0 Å². The van der Waals surface area contributed by atoms with Gasteiger partial charge in [-0.1, -0.05) is 0 Å². The molecule has 0 bridgehead atoms. The van der Waals surface area contributed by atoms with Crippen molar-refractivity contribution in [2.75, 3.05) is 0 Å². The zero-order valence-corrected chi connectivity index (χ0v) is 10.6. The van der Waals surface area contributed by atoms with Crippen molar-refractivity contribution in [1.82, 2.24) is 10.2 Å². The number of H-pyrrole nitrogens is 1. The highest BCUT2D eigenvalue weighted by molar-refractivity contribution is 5.86. The maximum Gasteiger partial charge on any atom is 0.138 e. The Labute approximate surface area is 111 Å². The smallest absolute Gasteiger partial charge is 0.138 e. The number of benzene rings is 1. The first-order chi connectivity index (χ1) is 9.28. The summed E-state index contributed by atoms with van der Waals surface area (Å²) in [7, 11) is 0. The lowest BCUT2D eigenvalue weighted by molar-refractivity contribution is 0.147. The monoisotopic (exact) mass is 256 g/mol. The number of nitrogens with two attached hydrogens (primary N) is 1. The summed E-state index contributed by atoms with van der Waals surface area (Å²) in [6, 6.07) is 6.25. The largest absolute Gasteiger partial charge is 0.489 e. The van der Waals surface area contributed by atoms with Crippen LogP contribution in [0.4, 0.5) is 0 Å². The van der Waals surface area contributed by atoms with Gasteiger partial charge in [0.2, 0.25) is 0 Å². The van der Waals surface area contributed by atoms with Crippen LogP contribution in [0.3, 0.4) is 0 Å². The lowest BCUT2D eigenvalue weighted by Gasteiger charge is -2.27. The topological polar surface area (TPSA) is 87.7 Å². The van der Waals surface area contributed by atoms with E-state index < -0.39 is 0 Å². The Morgan fingerprint density at radius 2 is 2.11 bits per heavy atom. The average molecular weight is 256 g/mol. The lowest BCUT2D eigenvalue weighted by atomic mass is 9.93. The first kappa shape index (κ1) is 12.0. The Hall–Kier alpha value is -2.06. The normalized spacial score (nSPS) is 23.2. The van der Waals surface area contributed by atoms with Crippen molar-refractivity contribution in [3.8, 4) is 11.8 Å². The van der Waals surface area contributed by atoms with E-state index in [1.54, 1.807) is 6.20 Å². The molecular weight excluding hydrogens is 240 g/mol. The number of fused-ring (bicyclic) bond motifs is 1. The minimum Gasteiger partial charge on any atom is -0.489 e. The summed E-state index contributed by atoms with van der Waals surface area (Å²) in [5.74, 6) is 0.650. The van der Waals surface area contributed by atoms with Crippen LogP contribution < -0.4 is 10.5 Å². The van der Waals surface area contributed by atoms with E-state index >= 15 is 0 Å². The highest BCUT2D eigenvalue weighted by Gasteiger charge is 2.21. The van der Waals surface area contributed by atoms with Crippen LogP contribution in [-0.4, -0.2) is 22.3 Å². The van der Waals surface area contributed by atoms with Crippen LogP contribution >= 0.6 is 0 Å². The van der Waals surface area contributed by atoms with Crippen LogP contribution in [0.25, 0.3) is 10.9 Å². The minimum absolute atomic E-state index is 0.163. The van der Waals surface area contributed by atoms with Crippen molar-refractivity contribution in [1.29, 1.82) is 5.26 Å². The first-order valence-electron chi connectivity index (χ1n) is 6.56. The maximum atomic E-state index is 9.31. The van der Waals surface area contributed by atoms with E-state index in [-0.39, 0.29) is 6.10 Å². The van der Waals surface area contributed by atoms with Gasteiger partial charge in [0.1, 0.15) is 17.4 Å². The highest BCUT2D eigenvalue weighted by Crippen LogP contribution is 2.29. The molecule has 1 aromatic heterocycles. The van der Waals surface area contributed by atoms with E-state index in [2.05, 4.69) is 16.3 Å². The van der Waals surface area contributed by atoms with Gasteiger partial charge in [-0.25, -0.2) is 0 Å². The molecule has 5 nitrogen and oxygen atoms in total. The van der Waals surface area contributed by atoms with Crippen molar-refractivity contribution in [2.45, 2.75) is 37.8 Å². The molecule has 1 aromatic carbocycles. The van der Waals surface area contributed by atoms with Crippen molar-refractivity contribution in [3.63, 3.8) is 0 Å². The molecule has 5 heteroatoms. The molecule has 0 unspecified atom stereocenters. The fraction of sp³-hybridized carbons (Fsp3) is 0.429. The number of nitrogens with one attached hydrogen (secondary N) is 1. The number of hydrogen-bond donors (Lipinski definition) is 2. The Morgan fingerprint density at radius 1 is 1.32 bits per heavy atom. The number of aromatic amines is 1. The second-order valence-corrected chi connectivity index (χ2v) is 5.04. The van der Waals surface area contributed by atoms with Gasteiger partial charge in [0, 0.05) is 11.4 Å². The van der Waals surface area contributed by atoms with Gasteiger partial charge in [0.05, 0.1) is 17.8 Å². The molecule has 1 heterocycles.